The fourth-order valence-corrected chi connectivity index (χ4v) is 2.00. The minimum Gasteiger partial charge on any atom is -0.493 e. The minimum absolute atomic E-state index is 0.606. The Hall–Kier alpha value is -2.17. The van der Waals surface area contributed by atoms with Crippen molar-refractivity contribution in [2.45, 2.75) is 6.92 Å². The third-order valence-corrected chi connectivity index (χ3v) is 2.77. The summed E-state index contributed by atoms with van der Waals surface area (Å²) < 4.78 is 10.7. The molecule has 0 atom stereocenters. The maximum Gasteiger partial charge on any atom is 0.172 e. The van der Waals surface area contributed by atoms with E-state index >= 15 is 0 Å². The number of pyridine rings is 1. The minimum atomic E-state index is 0.606. The van der Waals surface area contributed by atoms with Gasteiger partial charge in [-0.1, -0.05) is 0 Å². The van der Waals surface area contributed by atoms with E-state index in [1.807, 2.05) is 13.0 Å². The number of nitrogens with two attached hydrogens (primary N) is 1. The van der Waals surface area contributed by atoms with Crippen LogP contribution in [0.1, 0.15) is 6.92 Å². The molecule has 0 aliphatic heterocycles. The van der Waals surface area contributed by atoms with E-state index in [1.165, 1.54) is 0 Å². The van der Waals surface area contributed by atoms with E-state index < -0.39 is 0 Å². The number of benzene rings is 1. The number of hydrogen-bond donors (Lipinski definition) is 2. The van der Waals surface area contributed by atoms with Crippen molar-refractivity contribution in [3.8, 4) is 11.5 Å². The average Bonchev–Trinajstić information content (AvgIpc) is 2.39. The van der Waals surface area contributed by atoms with Gasteiger partial charge in [0.25, 0.3) is 0 Å². The van der Waals surface area contributed by atoms with Gasteiger partial charge in [-0.05, 0) is 13.0 Å². The predicted octanol–water partition coefficient (Wildman–Crippen LogP) is 2.27. The molecule has 0 amide bonds. The van der Waals surface area contributed by atoms with Crippen LogP contribution in [0.15, 0.2) is 18.3 Å². The van der Waals surface area contributed by atoms with Crippen LogP contribution < -0.4 is 20.5 Å². The second-order valence-electron chi connectivity index (χ2n) is 3.81. The highest BCUT2D eigenvalue weighted by Gasteiger charge is 2.15. The van der Waals surface area contributed by atoms with Crippen molar-refractivity contribution in [2.24, 2.45) is 0 Å². The predicted molar refractivity (Wildman–Crippen MR) is 73.4 cm³/mol. The first kappa shape index (κ1) is 12.3. The highest BCUT2D eigenvalue weighted by atomic mass is 16.5. The molecule has 0 bridgehead atoms. The molecule has 2 aromatic rings. The number of nitrogens with one attached hydrogen (secondary N) is 1. The number of nitrogens with zero attached hydrogens (tertiary/aromatic N) is 1. The molecule has 5 nitrogen and oxygen atoms in total. The molecular formula is C13H17N3O2. The van der Waals surface area contributed by atoms with Crippen molar-refractivity contribution < 1.29 is 9.47 Å². The molecule has 1 aromatic heterocycles. The Balaban J connectivity index is 2.84. The maximum atomic E-state index is 6.03. The quantitative estimate of drug-likeness (QED) is 0.811. The zero-order chi connectivity index (χ0) is 13.1. The van der Waals surface area contributed by atoms with Crippen LogP contribution in [0.25, 0.3) is 10.8 Å². The molecule has 0 saturated carbocycles. The van der Waals surface area contributed by atoms with Crippen LogP contribution in [0, 0.1) is 0 Å². The molecule has 0 fully saturated rings. The molecule has 1 aromatic carbocycles. The highest BCUT2D eigenvalue weighted by Crippen LogP contribution is 2.41. The Labute approximate surface area is 106 Å². The summed E-state index contributed by atoms with van der Waals surface area (Å²) in [7, 11) is 3.20. The molecule has 0 saturated heterocycles. The molecule has 1 heterocycles. The van der Waals surface area contributed by atoms with Crippen LogP contribution in [-0.2, 0) is 0 Å². The summed E-state index contributed by atoms with van der Waals surface area (Å²) in [5.41, 5.74) is 6.67. The molecule has 0 unspecified atom stereocenters. The zero-order valence-electron chi connectivity index (χ0n) is 10.8. The van der Waals surface area contributed by atoms with Crippen molar-refractivity contribution in [2.75, 3.05) is 31.8 Å². The lowest BCUT2D eigenvalue weighted by atomic mass is 10.1. The van der Waals surface area contributed by atoms with E-state index in [2.05, 4.69) is 10.3 Å². The lowest BCUT2D eigenvalue weighted by molar-refractivity contribution is 0.359. The first-order valence-electron chi connectivity index (χ1n) is 5.76. The molecule has 3 N–H and O–H groups in total. The van der Waals surface area contributed by atoms with Crippen molar-refractivity contribution in [3.05, 3.63) is 18.3 Å². The largest absolute Gasteiger partial charge is 0.493 e. The summed E-state index contributed by atoms with van der Waals surface area (Å²) in [6.07, 6.45) is 1.72. The number of hydrogen-bond acceptors (Lipinski definition) is 5. The van der Waals surface area contributed by atoms with Gasteiger partial charge in [0.05, 0.1) is 19.6 Å². The Kier molecular flexibility index (Phi) is 3.41. The van der Waals surface area contributed by atoms with Crippen LogP contribution in [-0.4, -0.2) is 25.7 Å². The fourth-order valence-electron chi connectivity index (χ4n) is 2.00. The molecule has 96 valence electrons. The van der Waals surface area contributed by atoms with Gasteiger partial charge in [0, 0.05) is 29.9 Å². The summed E-state index contributed by atoms with van der Waals surface area (Å²) >= 11 is 0. The standard InChI is InChI=1S/C13H17N3O2/c1-4-15-13-11-8(5-6-16-13)9(14)7-10(17-2)12(11)18-3/h5-7H,4,14H2,1-3H3,(H,15,16). The Morgan fingerprint density at radius 2 is 2.11 bits per heavy atom. The molecule has 5 heteroatoms. The molecule has 0 aliphatic carbocycles. The number of rotatable bonds is 4. The van der Waals surface area contributed by atoms with Crippen molar-refractivity contribution in [1.29, 1.82) is 0 Å². The first-order valence-corrected chi connectivity index (χ1v) is 5.76. The topological polar surface area (TPSA) is 69.4 Å². The van der Waals surface area contributed by atoms with Crippen molar-refractivity contribution in [3.63, 3.8) is 0 Å². The van der Waals surface area contributed by atoms with E-state index in [-0.39, 0.29) is 0 Å². The third-order valence-electron chi connectivity index (χ3n) is 2.77. The molecule has 0 spiro atoms. The number of methoxy groups -OCH3 is 2. The number of ether oxygens (including phenoxy) is 2. The van der Waals surface area contributed by atoms with Gasteiger partial charge in [-0.3, -0.25) is 0 Å². The summed E-state index contributed by atoms with van der Waals surface area (Å²) in [6, 6.07) is 3.63. The monoisotopic (exact) mass is 247 g/mol. The normalized spacial score (nSPS) is 10.4. The van der Waals surface area contributed by atoms with Gasteiger partial charge >= 0.3 is 0 Å². The lowest BCUT2D eigenvalue weighted by Crippen LogP contribution is -2.03. The van der Waals surface area contributed by atoms with E-state index in [4.69, 9.17) is 15.2 Å². The average molecular weight is 247 g/mol. The van der Waals surface area contributed by atoms with Gasteiger partial charge in [0.15, 0.2) is 11.5 Å². The highest BCUT2D eigenvalue weighted by molar-refractivity contribution is 6.05. The van der Waals surface area contributed by atoms with Gasteiger partial charge in [0.2, 0.25) is 0 Å². The SMILES string of the molecule is CCNc1nccc2c(N)cc(OC)c(OC)c12. The maximum absolute atomic E-state index is 6.03. The van der Waals surface area contributed by atoms with E-state index in [9.17, 15) is 0 Å². The van der Waals surface area contributed by atoms with E-state index in [1.54, 1.807) is 26.5 Å². The number of fused-ring (bicyclic) bond motifs is 1. The summed E-state index contributed by atoms with van der Waals surface area (Å²) in [5.74, 6) is 2.00. The molecule has 18 heavy (non-hydrogen) atoms. The molecule has 2 rings (SSSR count). The summed E-state index contributed by atoms with van der Waals surface area (Å²) in [5, 5.41) is 4.95. The Bertz CT molecular complexity index is 570. The van der Waals surface area contributed by atoms with Gasteiger partial charge in [-0.2, -0.15) is 0 Å². The zero-order valence-corrected chi connectivity index (χ0v) is 10.8. The van der Waals surface area contributed by atoms with Gasteiger partial charge < -0.3 is 20.5 Å². The third kappa shape index (κ3) is 1.88. The Morgan fingerprint density at radius 1 is 1.33 bits per heavy atom. The van der Waals surface area contributed by atoms with Crippen LogP contribution in [0.5, 0.6) is 11.5 Å². The fraction of sp³-hybridized carbons (Fsp3) is 0.308. The van der Waals surface area contributed by atoms with Gasteiger partial charge in [0.1, 0.15) is 5.82 Å². The first-order chi connectivity index (χ1) is 8.72. The second-order valence-corrected chi connectivity index (χ2v) is 3.81. The van der Waals surface area contributed by atoms with Crippen molar-refractivity contribution >= 4 is 22.3 Å². The van der Waals surface area contributed by atoms with Crippen LogP contribution in [0.3, 0.4) is 0 Å². The molecule has 0 radical (unpaired) electrons. The van der Waals surface area contributed by atoms with Crippen molar-refractivity contribution in [1.82, 2.24) is 4.98 Å². The molecular weight excluding hydrogens is 230 g/mol. The van der Waals surface area contributed by atoms with E-state index in [0.717, 1.165) is 23.1 Å². The Morgan fingerprint density at radius 3 is 2.72 bits per heavy atom. The molecule has 0 aliphatic rings. The second kappa shape index (κ2) is 5.00. The lowest BCUT2D eigenvalue weighted by Gasteiger charge is -2.15. The summed E-state index contributed by atoms with van der Waals surface area (Å²) in [6.45, 7) is 2.78. The van der Waals surface area contributed by atoms with Gasteiger partial charge in [-0.25, -0.2) is 4.98 Å². The van der Waals surface area contributed by atoms with Crippen LogP contribution in [0.2, 0.25) is 0 Å². The van der Waals surface area contributed by atoms with E-state index in [0.29, 0.717) is 17.2 Å². The number of nitrogen functional groups attached to an aromatic ring is 1. The van der Waals surface area contributed by atoms with Gasteiger partial charge in [-0.15, -0.1) is 0 Å². The van der Waals surface area contributed by atoms with Crippen LogP contribution in [0.4, 0.5) is 11.5 Å². The number of aromatic nitrogens is 1. The summed E-state index contributed by atoms with van der Waals surface area (Å²) in [4.78, 5) is 4.32. The smallest absolute Gasteiger partial charge is 0.172 e. The van der Waals surface area contributed by atoms with Crippen LogP contribution >= 0.6 is 0 Å². The number of anilines is 2.